The van der Waals surface area contributed by atoms with Crippen molar-refractivity contribution in [2.24, 2.45) is 11.3 Å². The normalized spacial score (nSPS) is 15.4. The van der Waals surface area contributed by atoms with Crippen molar-refractivity contribution in [1.82, 2.24) is 9.80 Å². The van der Waals surface area contributed by atoms with E-state index in [-0.39, 0.29) is 23.1 Å². The Labute approximate surface area is 157 Å². The summed E-state index contributed by atoms with van der Waals surface area (Å²) in [6.45, 7) is 9.97. The molecule has 1 aromatic rings. The molecule has 1 fully saturated rings. The van der Waals surface area contributed by atoms with E-state index < -0.39 is 0 Å². The summed E-state index contributed by atoms with van der Waals surface area (Å²) in [5, 5.41) is 0. The largest absolute Gasteiger partial charge is 0.342 e. The highest BCUT2D eigenvalue weighted by Crippen LogP contribution is 2.25. The van der Waals surface area contributed by atoms with E-state index in [1.807, 2.05) is 56.9 Å². The lowest BCUT2D eigenvalue weighted by molar-refractivity contribution is -0.144. The van der Waals surface area contributed by atoms with Crippen molar-refractivity contribution in [3.05, 3.63) is 35.4 Å². The molecule has 0 spiro atoms. The van der Waals surface area contributed by atoms with Crippen LogP contribution in [0.4, 0.5) is 0 Å². The highest BCUT2D eigenvalue weighted by atomic mass is 16.2. The molecule has 1 heterocycles. The van der Waals surface area contributed by atoms with Gasteiger partial charge >= 0.3 is 0 Å². The van der Waals surface area contributed by atoms with Gasteiger partial charge in [0.25, 0.3) is 0 Å². The highest BCUT2D eigenvalue weighted by molar-refractivity contribution is 5.83. The number of carbonyl (C=O) groups is 2. The van der Waals surface area contributed by atoms with Crippen LogP contribution in [0.5, 0.6) is 0 Å². The van der Waals surface area contributed by atoms with Crippen molar-refractivity contribution >= 4 is 11.8 Å². The number of likely N-dealkylation sites (tertiary alicyclic amines) is 1. The van der Waals surface area contributed by atoms with Gasteiger partial charge in [-0.05, 0) is 25.3 Å². The fourth-order valence-electron chi connectivity index (χ4n) is 3.30. The highest BCUT2D eigenvalue weighted by Gasteiger charge is 2.33. The molecule has 0 aromatic heterocycles. The third-order valence-electron chi connectivity index (χ3n) is 4.86. The van der Waals surface area contributed by atoms with E-state index in [1.165, 1.54) is 5.56 Å². The number of piperidine rings is 1. The Kier molecular flexibility index (Phi) is 6.47. The van der Waals surface area contributed by atoms with E-state index in [0.29, 0.717) is 39.0 Å². The molecular weight excluding hydrogens is 324 g/mol. The molecule has 1 saturated heterocycles. The molecule has 26 heavy (non-hydrogen) atoms. The van der Waals surface area contributed by atoms with Crippen molar-refractivity contribution < 1.29 is 9.59 Å². The molecule has 1 aliphatic rings. The van der Waals surface area contributed by atoms with Gasteiger partial charge in [-0.3, -0.25) is 9.59 Å². The third kappa shape index (κ3) is 5.11. The van der Waals surface area contributed by atoms with Crippen molar-refractivity contribution in [3.8, 4) is 12.3 Å². The number of hydrogen-bond donors (Lipinski definition) is 0. The molecule has 0 unspecified atom stereocenters. The number of benzene rings is 1. The molecule has 0 atom stereocenters. The van der Waals surface area contributed by atoms with Crippen LogP contribution in [0.2, 0.25) is 0 Å². The molecule has 4 heteroatoms. The lowest BCUT2D eigenvalue weighted by Crippen LogP contribution is -2.47. The summed E-state index contributed by atoms with van der Waals surface area (Å²) in [6.07, 6.45) is 6.90. The second-order valence-corrected chi connectivity index (χ2v) is 8.20. The second kappa shape index (κ2) is 8.40. The number of amides is 2. The van der Waals surface area contributed by atoms with Crippen LogP contribution in [0, 0.1) is 30.6 Å². The van der Waals surface area contributed by atoms with Crippen molar-refractivity contribution in [3.63, 3.8) is 0 Å². The van der Waals surface area contributed by atoms with Gasteiger partial charge in [0, 0.05) is 31.0 Å². The minimum atomic E-state index is -0.377. The van der Waals surface area contributed by atoms with Crippen LogP contribution in [-0.4, -0.2) is 41.2 Å². The first-order valence-electron chi connectivity index (χ1n) is 9.29. The molecule has 0 radical (unpaired) electrons. The number of nitrogens with zero attached hydrogens (tertiary/aromatic N) is 2. The third-order valence-corrected chi connectivity index (χ3v) is 4.86. The van der Waals surface area contributed by atoms with E-state index in [0.717, 1.165) is 5.56 Å². The number of terminal acetylenes is 1. The van der Waals surface area contributed by atoms with E-state index >= 15 is 0 Å². The van der Waals surface area contributed by atoms with Crippen LogP contribution in [0.25, 0.3) is 0 Å². The van der Waals surface area contributed by atoms with E-state index in [4.69, 9.17) is 6.42 Å². The van der Waals surface area contributed by atoms with Gasteiger partial charge < -0.3 is 9.80 Å². The molecule has 2 amide bonds. The van der Waals surface area contributed by atoms with Gasteiger partial charge in [-0.25, -0.2) is 0 Å². The van der Waals surface area contributed by atoms with Crippen LogP contribution in [-0.2, 0) is 16.1 Å². The summed E-state index contributed by atoms with van der Waals surface area (Å²) in [4.78, 5) is 29.0. The summed E-state index contributed by atoms with van der Waals surface area (Å²) < 4.78 is 0. The Hall–Kier alpha value is -2.28. The fraction of sp³-hybridized carbons (Fsp3) is 0.545. The number of aryl methyl sites for hydroxylation is 1. The zero-order chi connectivity index (χ0) is 19.3. The van der Waals surface area contributed by atoms with Crippen molar-refractivity contribution in [2.45, 2.75) is 47.1 Å². The maximum atomic E-state index is 13.0. The van der Waals surface area contributed by atoms with E-state index in [1.54, 1.807) is 4.90 Å². The summed E-state index contributed by atoms with van der Waals surface area (Å²) in [7, 11) is 0. The minimum absolute atomic E-state index is 0.0576. The minimum Gasteiger partial charge on any atom is -0.342 e. The number of hydrogen-bond acceptors (Lipinski definition) is 2. The molecule has 1 aliphatic heterocycles. The Morgan fingerprint density at radius 3 is 2.27 bits per heavy atom. The Morgan fingerprint density at radius 1 is 1.19 bits per heavy atom. The average Bonchev–Trinajstić information content (AvgIpc) is 2.61. The quantitative estimate of drug-likeness (QED) is 0.779. The molecule has 0 N–H and O–H groups in total. The van der Waals surface area contributed by atoms with E-state index in [2.05, 4.69) is 5.92 Å². The standard InChI is InChI=1S/C22H30N2O2/c1-6-13-24(16-18-9-7-17(2)8-10-18)20(25)19-11-14-23(15-12-19)21(26)22(3,4)5/h1,7-10,19H,11-16H2,2-5H3. The van der Waals surface area contributed by atoms with Crippen molar-refractivity contribution in [1.29, 1.82) is 0 Å². The number of carbonyl (C=O) groups excluding carboxylic acids is 2. The zero-order valence-corrected chi connectivity index (χ0v) is 16.4. The lowest BCUT2D eigenvalue weighted by atomic mass is 9.90. The molecule has 4 nitrogen and oxygen atoms in total. The fourth-order valence-corrected chi connectivity index (χ4v) is 3.30. The molecule has 2 rings (SSSR count). The van der Waals surface area contributed by atoms with Gasteiger partial charge in [0.05, 0.1) is 6.54 Å². The van der Waals surface area contributed by atoms with Gasteiger partial charge in [-0.2, -0.15) is 0 Å². The maximum Gasteiger partial charge on any atom is 0.227 e. The lowest BCUT2D eigenvalue weighted by Gasteiger charge is -2.36. The Morgan fingerprint density at radius 2 is 1.77 bits per heavy atom. The summed E-state index contributed by atoms with van der Waals surface area (Å²) in [5.74, 6) is 2.81. The van der Waals surface area contributed by atoms with Crippen LogP contribution >= 0.6 is 0 Å². The Bertz CT molecular complexity index is 672. The van der Waals surface area contributed by atoms with Gasteiger partial charge in [0.2, 0.25) is 11.8 Å². The molecule has 140 valence electrons. The topological polar surface area (TPSA) is 40.6 Å². The second-order valence-electron chi connectivity index (χ2n) is 8.20. The summed E-state index contributed by atoms with van der Waals surface area (Å²) >= 11 is 0. The van der Waals surface area contributed by atoms with Crippen LogP contribution in [0.1, 0.15) is 44.7 Å². The average molecular weight is 354 g/mol. The van der Waals surface area contributed by atoms with Crippen LogP contribution < -0.4 is 0 Å². The van der Waals surface area contributed by atoms with Gasteiger partial charge in [-0.15, -0.1) is 6.42 Å². The Balaban J connectivity index is 1.98. The summed E-state index contributed by atoms with van der Waals surface area (Å²) in [5.41, 5.74) is 1.90. The predicted octanol–water partition coefficient (Wildman–Crippen LogP) is 3.24. The number of rotatable bonds is 4. The van der Waals surface area contributed by atoms with E-state index in [9.17, 15) is 9.59 Å². The first kappa shape index (κ1) is 20.0. The van der Waals surface area contributed by atoms with Gasteiger partial charge in [0.1, 0.15) is 0 Å². The van der Waals surface area contributed by atoms with Crippen molar-refractivity contribution in [2.75, 3.05) is 19.6 Å². The van der Waals surface area contributed by atoms with Gasteiger partial charge in [0.15, 0.2) is 0 Å². The molecule has 0 aliphatic carbocycles. The molecule has 1 aromatic carbocycles. The van der Waals surface area contributed by atoms with Crippen LogP contribution in [0.15, 0.2) is 24.3 Å². The van der Waals surface area contributed by atoms with Gasteiger partial charge in [-0.1, -0.05) is 56.5 Å². The summed E-state index contributed by atoms with van der Waals surface area (Å²) in [6, 6.07) is 8.17. The molecular formula is C22H30N2O2. The first-order valence-corrected chi connectivity index (χ1v) is 9.29. The van der Waals surface area contributed by atoms with Crippen LogP contribution in [0.3, 0.4) is 0 Å². The first-order chi connectivity index (χ1) is 12.2. The zero-order valence-electron chi connectivity index (χ0n) is 16.4. The molecule has 0 saturated carbocycles. The molecule has 0 bridgehead atoms. The SMILES string of the molecule is C#CCN(Cc1ccc(C)cc1)C(=O)C1CCN(C(=O)C(C)(C)C)CC1. The maximum absolute atomic E-state index is 13.0. The smallest absolute Gasteiger partial charge is 0.227 e. The monoisotopic (exact) mass is 354 g/mol. The predicted molar refractivity (Wildman–Crippen MR) is 104 cm³/mol.